The topological polar surface area (TPSA) is 93.1 Å². The van der Waals surface area contributed by atoms with Crippen molar-refractivity contribution in [2.75, 3.05) is 10.6 Å². The Bertz CT molecular complexity index is 1450. The minimum Gasteiger partial charge on any atom is -0.322 e. The number of hydrogen-bond donors (Lipinski definition) is 2. The maximum Gasteiger partial charge on any atom is 0.291 e. The normalized spacial score (nSPS) is 10.6. The number of aromatic nitrogens is 2. The lowest BCUT2D eigenvalue weighted by atomic mass is 10.1. The molecule has 0 atom stereocenters. The van der Waals surface area contributed by atoms with Crippen molar-refractivity contribution in [3.05, 3.63) is 112 Å². The van der Waals surface area contributed by atoms with Crippen LogP contribution in [0.15, 0.2) is 83.7 Å². The summed E-state index contributed by atoms with van der Waals surface area (Å²) in [6, 6.07) is 19.8. The van der Waals surface area contributed by atoms with E-state index in [1.54, 1.807) is 42.5 Å². The van der Waals surface area contributed by atoms with E-state index in [0.29, 0.717) is 22.9 Å². The van der Waals surface area contributed by atoms with Crippen molar-refractivity contribution < 1.29 is 18.4 Å². The summed E-state index contributed by atoms with van der Waals surface area (Å²) in [5, 5.41) is 9.15. The predicted molar refractivity (Wildman–Crippen MR) is 128 cm³/mol. The van der Waals surface area contributed by atoms with Gasteiger partial charge in [-0.3, -0.25) is 14.4 Å². The first-order valence-electron chi connectivity index (χ1n) is 10.6. The van der Waals surface area contributed by atoms with Crippen molar-refractivity contribution >= 4 is 23.2 Å². The van der Waals surface area contributed by atoms with Gasteiger partial charge < -0.3 is 10.6 Å². The lowest BCUT2D eigenvalue weighted by Crippen LogP contribution is -2.32. The number of anilines is 2. The summed E-state index contributed by atoms with van der Waals surface area (Å²) in [6.07, 6.45) is 0. The molecular weight excluding hydrogens is 454 g/mol. The molecule has 0 radical (unpaired) electrons. The van der Waals surface area contributed by atoms with E-state index in [-0.39, 0.29) is 11.4 Å². The van der Waals surface area contributed by atoms with E-state index in [4.69, 9.17) is 0 Å². The van der Waals surface area contributed by atoms with E-state index < -0.39 is 35.6 Å². The summed E-state index contributed by atoms with van der Waals surface area (Å²) < 4.78 is 28.0. The van der Waals surface area contributed by atoms with Crippen LogP contribution in [0.4, 0.5) is 20.2 Å². The Hall–Kier alpha value is -4.66. The second kappa shape index (κ2) is 10.1. The maximum absolute atomic E-state index is 13.9. The Labute approximate surface area is 199 Å². The molecular formula is C26H20F2N4O3. The van der Waals surface area contributed by atoms with Gasteiger partial charge >= 0.3 is 0 Å². The Balaban J connectivity index is 1.68. The highest BCUT2D eigenvalue weighted by molar-refractivity contribution is 6.04. The molecule has 7 nitrogen and oxygen atoms in total. The highest BCUT2D eigenvalue weighted by Crippen LogP contribution is 2.20. The maximum atomic E-state index is 13.9. The molecule has 0 aliphatic heterocycles. The summed E-state index contributed by atoms with van der Waals surface area (Å²) in [5.74, 6) is -3.01. The molecule has 1 heterocycles. The predicted octanol–water partition coefficient (Wildman–Crippen LogP) is 4.39. The molecule has 0 bridgehead atoms. The molecule has 9 heteroatoms. The minimum absolute atomic E-state index is 0.0785. The Morgan fingerprint density at radius 1 is 0.886 bits per heavy atom. The lowest BCUT2D eigenvalue weighted by molar-refractivity contribution is -0.117. The van der Waals surface area contributed by atoms with E-state index >= 15 is 0 Å². The number of halogens is 2. The lowest BCUT2D eigenvalue weighted by Gasteiger charge is -2.12. The van der Waals surface area contributed by atoms with E-state index in [2.05, 4.69) is 15.7 Å². The molecule has 0 aliphatic carbocycles. The summed E-state index contributed by atoms with van der Waals surface area (Å²) in [4.78, 5) is 38.3. The number of benzene rings is 3. The quantitative estimate of drug-likeness (QED) is 0.434. The molecule has 1 aromatic heterocycles. The molecule has 0 saturated heterocycles. The zero-order valence-electron chi connectivity index (χ0n) is 18.6. The Morgan fingerprint density at radius 3 is 2.29 bits per heavy atom. The van der Waals surface area contributed by atoms with Crippen LogP contribution in [0.2, 0.25) is 0 Å². The monoisotopic (exact) mass is 474 g/mol. The fourth-order valence-corrected chi connectivity index (χ4v) is 3.30. The number of carbonyl (C=O) groups excluding carboxylic acids is 2. The number of rotatable bonds is 6. The van der Waals surface area contributed by atoms with Crippen LogP contribution >= 0.6 is 0 Å². The van der Waals surface area contributed by atoms with Gasteiger partial charge in [-0.1, -0.05) is 48.0 Å². The number of amides is 2. The van der Waals surface area contributed by atoms with Gasteiger partial charge in [0.1, 0.15) is 23.9 Å². The summed E-state index contributed by atoms with van der Waals surface area (Å²) in [6.45, 7) is 1.35. The van der Waals surface area contributed by atoms with Crippen molar-refractivity contribution in [3.8, 4) is 11.3 Å². The van der Waals surface area contributed by atoms with Crippen LogP contribution in [0.3, 0.4) is 0 Å². The van der Waals surface area contributed by atoms with Crippen molar-refractivity contribution in [2.24, 2.45) is 0 Å². The molecule has 0 fully saturated rings. The van der Waals surface area contributed by atoms with Gasteiger partial charge in [-0.25, -0.2) is 13.5 Å². The van der Waals surface area contributed by atoms with Crippen LogP contribution in [-0.4, -0.2) is 21.6 Å². The standard InChI is InChI=1S/C26H20F2N4O3/c1-16-7-9-17(10-8-16)22-14-23(30-25(34)18-5-3-2-4-6-18)26(35)32(31-22)15-24(33)29-21-12-11-19(27)13-20(21)28/h2-14H,15H2,1H3,(H,29,33)(H,30,34). The molecule has 0 saturated carbocycles. The Kier molecular flexibility index (Phi) is 6.77. The molecule has 2 amide bonds. The number of aryl methyl sites for hydroxylation is 1. The van der Waals surface area contributed by atoms with Crippen LogP contribution in [0.5, 0.6) is 0 Å². The highest BCUT2D eigenvalue weighted by Gasteiger charge is 2.16. The van der Waals surface area contributed by atoms with Crippen LogP contribution < -0.4 is 16.2 Å². The van der Waals surface area contributed by atoms with Crippen LogP contribution in [-0.2, 0) is 11.3 Å². The average Bonchev–Trinajstić information content (AvgIpc) is 2.84. The van der Waals surface area contributed by atoms with E-state index in [0.717, 1.165) is 22.4 Å². The van der Waals surface area contributed by atoms with Gasteiger partial charge in [-0.15, -0.1) is 0 Å². The number of nitrogens with zero attached hydrogens (tertiary/aromatic N) is 2. The van der Waals surface area contributed by atoms with E-state index in [1.807, 2.05) is 19.1 Å². The second-order valence-corrected chi connectivity index (χ2v) is 7.76. The molecule has 0 aliphatic rings. The SMILES string of the molecule is Cc1ccc(-c2cc(NC(=O)c3ccccc3)c(=O)n(CC(=O)Nc3ccc(F)cc3F)n2)cc1. The molecule has 3 aromatic carbocycles. The fourth-order valence-electron chi connectivity index (χ4n) is 3.30. The summed E-state index contributed by atoms with van der Waals surface area (Å²) >= 11 is 0. The second-order valence-electron chi connectivity index (χ2n) is 7.76. The van der Waals surface area contributed by atoms with Gasteiger partial charge in [0.15, 0.2) is 0 Å². The van der Waals surface area contributed by atoms with Gasteiger partial charge in [-0.05, 0) is 37.3 Å². The first-order valence-corrected chi connectivity index (χ1v) is 10.6. The number of nitrogens with one attached hydrogen (secondary N) is 2. The summed E-state index contributed by atoms with van der Waals surface area (Å²) in [7, 11) is 0. The third-order valence-corrected chi connectivity index (χ3v) is 5.10. The number of carbonyl (C=O) groups is 2. The largest absolute Gasteiger partial charge is 0.322 e. The molecule has 0 unspecified atom stereocenters. The van der Waals surface area contributed by atoms with Crippen molar-refractivity contribution in [1.29, 1.82) is 0 Å². The third kappa shape index (κ3) is 5.64. The van der Waals surface area contributed by atoms with Crippen molar-refractivity contribution in [2.45, 2.75) is 13.5 Å². The van der Waals surface area contributed by atoms with Gasteiger partial charge in [0.05, 0.1) is 11.4 Å². The first kappa shape index (κ1) is 23.5. The number of hydrogen-bond acceptors (Lipinski definition) is 4. The van der Waals surface area contributed by atoms with Gasteiger partial charge in [-0.2, -0.15) is 5.10 Å². The molecule has 176 valence electrons. The van der Waals surface area contributed by atoms with Gasteiger partial charge in [0, 0.05) is 17.2 Å². The summed E-state index contributed by atoms with van der Waals surface area (Å²) in [5.41, 5.74) is 1.32. The molecule has 4 rings (SSSR count). The first-order chi connectivity index (χ1) is 16.8. The van der Waals surface area contributed by atoms with Gasteiger partial charge in [0.25, 0.3) is 11.5 Å². The van der Waals surface area contributed by atoms with E-state index in [9.17, 15) is 23.2 Å². The highest BCUT2D eigenvalue weighted by atomic mass is 19.1. The molecule has 0 spiro atoms. The smallest absolute Gasteiger partial charge is 0.291 e. The molecule has 4 aromatic rings. The van der Waals surface area contributed by atoms with Crippen LogP contribution in [0.25, 0.3) is 11.3 Å². The van der Waals surface area contributed by atoms with Crippen LogP contribution in [0.1, 0.15) is 15.9 Å². The average molecular weight is 474 g/mol. The van der Waals surface area contributed by atoms with Crippen LogP contribution in [0, 0.1) is 18.6 Å². The third-order valence-electron chi connectivity index (χ3n) is 5.10. The zero-order valence-corrected chi connectivity index (χ0v) is 18.6. The van der Waals surface area contributed by atoms with E-state index in [1.165, 1.54) is 6.07 Å². The van der Waals surface area contributed by atoms with Crippen molar-refractivity contribution in [3.63, 3.8) is 0 Å². The zero-order chi connectivity index (χ0) is 24.9. The van der Waals surface area contributed by atoms with Gasteiger partial charge in [0.2, 0.25) is 5.91 Å². The van der Waals surface area contributed by atoms with Crippen molar-refractivity contribution in [1.82, 2.24) is 9.78 Å². The minimum atomic E-state index is -0.956. The Morgan fingerprint density at radius 2 is 1.60 bits per heavy atom. The molecule has 2 N–H and O–H groups in total. The molecule has 35 heavy (non-hydrogen) atoms. The fraction of sp³-hybridized carbons (Fsp3) is 0.0769.